The van der Waals surface area contributed by atoms with Crippen LogP contribution in [0.3, 0.4) is 0 Å². The first-order valence-electron chi connectivity index (χ1n) is 4.73. The molecule has 1 heterocycles. The first kappa shape index (κ1) is 6.17. The minimum atomic E-state index is 0.628. The molecule has 0 aliphatic heterocycles. The molecule has 0 saturated heterocycles. The van der Waals surface area contributed by atoms with E-state index in [-0.39, 0.29) is 0 Å². The second-order valence-electron chi connectivity index (χ2n) is 3.01. The van der Waals surface area contributed by atoms with Gasteiger partial charge >= 0.3 is 0 Å². The summed E-state index contributed by atoms with van der Waals surface area (Å²) in [6, 6.07) is 14.8. The highest BCUT2D eigenvalue weighted by atomic mass is 32.1. The maximum absolute atomic E-state index is 7.81. The molecule has 62 valence electrons. The lowest BCUT2D eigenvalue weighted by Gasteiger charge is -1.88. The number of hydrogen-bond acceptors (Lipinski definition) is 1. The van der Waals surface area contributed by atoms with E-state index in [1.54, 1.807) is 11.3 Å². The maximum atomic E-state index is 7.81. The van der Waals surface area contributed by atoms with Gasteiger partial charge < -0.3 is 0 Å². The minimum absolute atomic E-state index is 0.628. The molecular formula is C12H8S. The number of fused-ring (bicyclic) bond motifs is 3. The van der Waals surface area contributed by atoms with Crippen LogP contribution in [-0.2, 0) is 0 Å². The van der Waals surface area contributed by atoms with Gasteiger partial charge in [-0.25, -0.2) is 0 Å². The van der Waals surface area contributed by atoms with Gasteiger partial charge in [-0.05, 0) is 12.1 Å². The average molecular weight is 185 g/mol. The largest absolute Gasteiger partial charge is 0.135 e. The zero-order chi connectivity index (χ0) is 9.54. The summed E-state index contributed by atoms with van der Waals surface area (Å²) >= 11 is 1.70. The Kier molecular flexibility index (Phi) is 1.22. The molecule has 0 N–H and O–H groups in total. The topological polar surface area (TPSA) is 0 Å². The van der Waals surface area contributed by atoms with Crippen molar-refractivity contribution >= 4 is 31.5 Å². The third-order valence-corrected chi connectivity index (χ3v) is 3.33. The van der Waals surface area contributed by atoms with Gasteiger partial charge in [0.2, 0.25) is 0 Å². The fourth-order valence-electron chi connectivity index (χ4n) is 1.61. The van der Waals surface area contributed by atoms with E-state index in [9.17, 15) is 0 Å². The molecule has 3 aromatic rings. The van der Waals surface area contributed by atoms with Crippen molar-refractivity contribution < 1.29 is 1.37 Å². The molecule has 0 spiro atoms. The van der Waals surface area contributed by atoms with Crippen LogP contribution in [0.25, 0.3) is 20.2 Å². The monoisotopic (exact) mass is 185 g/mol. The molecule has 1 aromatic heterocycles. The van der Waals surface area contributed by atoms with Gasteiger partial charge in [0, 0.05) is 20.2 Å². The average Bonchev–Trinajstić information content (AvgIpc) is 2.59. The van der Waals surface area contributed by atoms with Crippen LogP contribution in [0.15, 0.2) is 48.5 Å². The summed E-state index contributed by atoms with van der Waals surface area (Å²) in [7, 11) is 0. The van der Waals surface area contributed by atoms with E-state index in [0.29, 0.717) is 6.04 Å². The highest BCUT2D eigenvalue weighted by Crippen LogP contribution is 2.32. The van der Waals surface area contributed by atoms with E-state index in [4.69, 9.17) is 1.37 Å². The lowest BCUT2D eigenvalue weighted by Crippen LogP contribution is -1.62. The quantitative estimate of drug-likeness (QED) is 0.495. The predicted octanol–water partition coefficient (Wildman–Crippen LogP) is 4.05. The zero-order valence-corrected chi connectivity index (χ0v) is 7.77. The lowest BCUT2D eigenvalue weighted by molar-refractivity contribution is 1.84. The first-order chi connectivity index (χ1) is 6.86. The third kappa shape index (κ3) is 0.973. The normalized spacial score (nSPS) is 12.2. The Balaban J connectivity index is 2.63. The van der Waals surface area contributed by atoms with Gasteiger partial charge in [-0.3, -0.25) is 0 Å². The molecule has 0 unspecified atom stereocenters. The van der Waals surface area contributed by atoms with Crippen LogP contribution in [0, 0.1) is 0 Å². The smallest absolute Gasteiger partial charge is 0.0638 e. The van der Waals surface area contributed by atoms with Crippen molar-refractivity contribution in [2.24, 2.45) is 0 Å². The van der Waals surface area contributed by atoms with Crippen molar-refractivity contribution in [1.29, 1.82) is 0 Å². The summed E-state index contributed by atoms with van der Waals surface area (Å²) in [5.41, 5.74) is 0. The molecular weight excluding hydrogens is 176 g/mol. The summed E-state index contributed by atoms with van der Waals surface area (Å²) in [5.74, 6) is 0. The second-order valence-corrected chi connectivity index (χ2v) is 4.06. The number of rotatable bonds is 0. The summed E-state index contributed by atoms with van der Waals surface area (Å²) in [4.78, 5) is 0. The summed E-state index contributed by atoms with van der Waals surface area (Å²) < 4.78 is 10.2. The van der Waals surface area contributed by atoms with Gasteiger partial charge in [0.15, 0.2) is 0 Å². The summed E-state index contributed by atoms with van der Waals surface area (Å²) in [5, 5.41) is 2.47. The first-order valence-corrected chi connectivity index (χ1v) is 5.05. The van der Waals surface area contributed by atoms with E-state index in [2.05, 4.69) is 18.2 Å². The Bertz CT molecular complexity index is 610. The highest BCUT2D eigenvalue weighted by molar-refractivity contribution is 7.25. The van der Waals surface area contributed by atoms with E-state index in [1.165, 1.54) is 15.5 Å². The molecule has 0 nitrogen and oxygen atoms in total. The van der Waals surface area contributed by atoms with Crippen LogP contribution in [0.1, 0.15) is 1.37 Å². The van der Waals surface area contributed by atoms with Crippen molar-refractivity contribution in [3.63, 3.8) is 0 Å². The van der Waals surface area contributed by atoms with Gasteiger partial charge in [0.1, 0.15) is 0 Å². The molecule has 0 aliphatic rings. The van der Waals surface area contributed by atoms with Gasteiger partial charge in [0.25, 0.3) is 0 Å². The van der Waals surface area contributed by atoms with Crippen molar-refractivity contribution in [3.8, 4) is 0 Å². The van der Waals surface area contributed by atoms with Gasteiger partial charge in [0.05, 0.1) is 1.37 Å². The molecule has 0 amide bonds. The summed E-state index contributed by atoms with van der Waals surface area (Å²) in [6.45, 7) is 0. The van der Waals surface area contributed by atoms with Crippen molar-refractivity contribution in [2.75, 3.05) is 0 Å². The van der Waals surface area contributed by atoms with Crippen molar-refractivity contribution in [1.82, 2.24) is 0 Å². The van der Waals surface area contributed by atoms with Crippen LogP contribution in [0.2, 0.25) is 0 Å². The molecule has 0 radical (unpaired) electrons. The molecule has 2 aromatic carbocycles. The third-order valence-electron chi connectivity index (χ3n) is 2.21. The van der Waals surface area contributed by atoms with Gasteiger partial charge in [-0.15, -0.1) is 11.3 Å². The van der Waals surface area contributed by atoms with Crippen molar-refractivity contribution in [2.45, 2.75) is 0 Å². The number of thiophene rings is 1. The SMILES string of the molecule is [2H]c1cccc2c1sc1ccccc12. The minimum Gasteiger partial charge on any atom is -0.135 e. The predicted molar refractivity (Wildman–Crippen MR) is 59.3 cm³/mol. The van der Waals surface area contributed by atoms with Crippen LogP contribution < -0.4 is 0 Å². The molecule has 13 heavy (non-hydrogen) atoms. The van der Waals surface area contributed by atoms with E-state index < -0.39 is 0 Å². The Morgan fingerprint density at radius 3 is 2.46 bits per heavy atom. The number of benzene rings is 2. The molecule has 0 aliphatic carbocycles. The maximum Gasteiger partial charge on any atom is 0.0638 e. The van der Waals surface area contributed by atoms with Crippen LogP contribution in [0.5, 0.6) is 0 Å². The Labute approximate surface area is 81.8 Å². The molecule has 1 heteroatoms. The molecule has 0 saturated carbocycles. The molecule has 0 bridgehead atoms. The Morgan fingerprint density at radius 1 is 0.846 bits per heavy atom. The van der Waals surface area contributed by atoms with Gasteiger partial charge in [-0.1, -0.05) is 36.4 Å². The molecule has 0 atom stereocenters. The van der Waals surface area contributed by atoms with Gasteiger partial charge in [-0.2, -0.15) is 0 Å². The zero-order valence-electron chi connectivity index (χ0n) is 7.95. The lowest BCUT2D eigenvalue weighted by atomic mass is 10.2. The van der Waals surface area contributed by atoms with Crippen LogP contribution >= 0.6 is 11.3 Å². The highest BCUT2D eigenvalue weighted by Gasteiger charge is 2.01. The molecule has 0 fully saturated rings. The summed E-state index contributed by atoms with van der Waals surface area (Å²) in [6.07, 6.45) is 0. The van der Waals surface area contributed by atoms with E-state index in [1.807, 2.05) is 24.3 Å². The standard InChI is InChI=1S/C12H8S/c1-3-7-11-9(5-1)10-6-2-4-8-12(10)13-11/h1-8H/i7D. The fraction of sp³-hybridized carbons (Fsp3) is 0. The molecule has 3 rings (SSSR count). The Hall–Kier alpha value is -1.34. The Morgan fingerprint density at radius 2 is 1.54 bits per heavy atom. The fourth-order valence-corrected chi connectivity index (χ4v) is 2.68. The van der Waals surface area contributed by atoms with Crippen LogP contribution in [0.4, 0.5) is 0 Å². The van der Waals surface area contributed by atoms with Crippen LogP contribution in [-0.4, -0.2) is 0 Å². The second kappa shape index (κ2) is 2.57. The number of hydrogen-bond donors (Lipinski definition) is 0. The van der Waals surface area contributed by atoms with E-state index in [0.717, 1.165) is 4.70 Å². The van der Waals surface area contributed by atoms with E-state index >= 15 is 0 Å². The van der Waals surface area contributed by atoms with Crippen molar-refractivity contribution in [3.05, 3.63) is 48.5 Å².